The summed E-state index contributed by atoms with van der Waals surface area (Å²) in [6.45, 7) is 4.44. The van der Waals surface area contributed by atoms with E-state index in [0.717, 1.165) is 12.8 Å². The molecule has 5 aromatic rings. The first-order valence-electron chi connectivity index (χ1n) is 11.1. The van der Waals surface area contributed by atoms with Crippen molar-refractivity contribution in [2.24, 2.45) is 0 Å². The molecule has 1 heterocycles. The van der Waals surface area contributed by atoms with E-state index in [-0.39, 0.29) is 0 Å². The second-order valence-electron chi connectivity index (χ2n) is 8.16. The number of aryl methyl sites for hydroxylation is 2. The molecular weight excluding hydrogens is 376 g/mol. The van der Waals surface area contributed by atoms with Gasteiger partial charge in [-0.2, -0.15) is 0 Å². The van der Waals surface area contributed by atoms with Crippen LogP contribution in [0.15, 0.2) is 91.0 Å². The molecule has 0 saturated heterocycles. The predicted octanol–water partition coefficient (Wildman–Crippen LogP) is 7.68. The van der Waals surface area contributed by atoms with E-state index in [9.17, 15) is 0 Å². The molecule has 1 aromatic heterocycles. The van der Waals surface area contributed by atoms with E-state index >= 15 is 0 Å². The van der Waals surface area contributed by atoms with Crippen molar-refractivity contribution >= 4 is 33.2 Å². The average Bonchev–Trinajstić information content (AvgIpc) is 3.17. The number of nitrogens with zero attached hydrogens (tertiary/aromatic N) is 2. The topological polar surface area (TPSA) is 8.17 Å². The van der Waals surface area contributed by atoms with E-state index in [1.807, 2.05) is 0 Å². The number of hydrogen-bond acceptors (Lipinski definition) is 1. The van der Waals surface area contributed by atoms with Gasteiger partial charge in [-0.3, -0.25) is 0 Å². The highest BCUT2D eigenvalue weighted by molar-refractivity contribution is 6.09. The fourth-order valence-corrected chi connectivity index (χ4v) is 4.46. The maximum absolute atomic E-state index is 2.40. The Morgan fingerprint density at radius 1 is 0.613 bits per heavy atom. The molecule has 0 radical (unpaired) electrons. The number of rotatable bonds is 5. The quantitative estimate of drug-likeness (QED) is 0.292. The number of anilines is 2. The van der Waals surface area contributed by atoms with Crippen LogP contribution in [0.2, 0.25) is 0 Å². The number of aromatic nitrogens is 1. The first-order valence-corrected chi connectivity index (χ1v) is 11.1. The van der Waals surface area contributed by atoms with Gasteiger partial charge in [-0.25, -0.2) is 0 Å². The summed E-state index contributed by atoms with van der Waals surface area (Å²) < 4.78 is 2.40. The lowest BCUT2D eigenvalue weighted by Gasteiger charge is -2.20. The van der Waals surface area contributed by atoms with Crippen molar-refractivity contribution in [3.8, 4) is 5.69 Å². The molecule has 0 amide bonds. The minimum Gasteiger partial charge on any atom is -0.345 e. The number of fused-ring (bicyclic) bond motifs is 3. The van der Waals surface area contributed by atoms with Gasteiger partial charge < -0.3 is 9.47 Å². The SMILES string of the molecule is CCc1ccc2c(c1)c1cc(CC)ccc1n2-c1ccc(N(C)c2ccccc2)cc1. The summed E-state index contributed by atoms with van der Waals surface area (Å²) in [5.74, 6) is 0. The number of benzene rings is 4. The van der Waals surface area contributed by atoms with Gasteiger partial charge in [0.15, 0.2) is 0 Å². The second-order valence-corrected chi connectivity index (χ2v) is 8.16. The summed E-state index contributed by atoms with van der Waals surface area (Å²) in [7, 11) is 2.11. The van der Waals surface area contributed by atoms with Crippen LogP contribution in [0, 0.1) is 0 Å². The van der Waals surface area contributed by atoms with Crippen LogP contribution in [0.5, 0.6) is 0 Å². The maximum atomic E-state index is 2.40. The Hall–Kier alpha value is -3.52. The van der Waals surface area contributed by atoms with Crippen LogP contribution < -0.4 is 4.90 Å². The van der Waals surface area contributed by atoms with Crippen molar-refractivity contribution < 1.29 is 0 Å². The predicted molar refractivity (Wildman–Crippen MR) is 134 cm³/mol. The Balaban J connectivity index is 1.65. The molecule has 0 spiro atoms. The first kappa shape index (κ1) is 19.4. The molecular formula is C29H28N2. The van der Waals surface area contributed by atoms with Gasteiger partial charge in [0.05, 0.1) is 11.0 Å². The summed E-state index contributed by atoms with van der Waals surface area (Å²) >= 11 is 0. The summed E-state index contributed by atoms with van der Waals surface area (Å²) in [6, 6.07) is 33.2. The molecule has 0 atom stereocenters. The van der Waals surface area contributed by atoms with E-state index in [4.69, 9.17) is 0 Å². The normalized spacial score (nSPS) is 11.3. The Bertz CT molecular complexity index is 1280. The fraction of sp³-hybridized carbons (Fsp3) is 0.172. The third kappa shape index (κ3) is 3.38. The lowest BCUT2D eigenvalue weighted by atomic mass is 10.1. The van der Waals surface area contributed by atoms with Crippen molar-refractivity contribution in [2.45, 2.75) is 26.7 Å². The monoisotopic (exact) mass is 404 g/mol. The third-order valence-electron chi connectivity index (χ3n) is 6.35. The molecule has 0 N–H and O–H groups in total. The van der Waals surface area contributed by atoms with E-state index in [2.05, 4.69) is 121 Å². The van der Waals surface area contributed by atoms with Crippen LogP contribution in [0.1, 0.15) is 25.0 Å². The molecule has 0 saturated carbocycles. The molecule has 2 heteroatoms. The van der Waals surface area contributed by atoms with Gasteiger partial charge in [0.2, 0.25) is 0 Å². The van der Waals surface area contributed by atoms with Gasteiger partial charge >= 0.3 is 0 Å². The zero-order valence-corrected chi connectivity index (χ0v) is 18.5. The van der Waals surface area contributed by atoms with Crippen LogP contribution in [0.4, 0.5) is 11.4 Å². The van der Waals surface area contributed by atoms with Crippen molar-refractivity contribution in [3.63, 3.8) is 0 Å². The van der Waals surface area contributed by atoms with Crippen LogP contribution in [0.3, 0.4) is 0 Å². The second kappa shape index (κ2) is 7.96. The minimum absolute atomic E-state index is 1.05. The molecule has 5 rings (SSSR count). The Morgan fingerprint density at radius 2 is 1.13 bits per heavy atom. The lowest BCUT2D eigenvalue weighted by Crippen LogP contribution is -2.09. The molecule has 0 unspecified atom stereocenters. The number of hydrogen-bond donors (Lipinski definition) is 0. The molecule has 0 fully saturated rings. The maximum Gasteiger partial charge on any atom is 0.0541 e. The van der Waals surface area contributed by atoms with Crippen molar-refractivity contribution in [1.29, 1.82) is 0 Å². The van der Waals surface area contributed by atoms with Crippen molar-refractivity contribution in [3.05, 3.63) is 102 Å². The van der Waals surface area contributed by atoms with Crippen LogP contribution in [-0.4, -0.2) is 11.6 Å². The summed E-state index contributed by atoms with van der Waals surface area (Å²) in [5.41, 5.74) is 8.86. The van der Waals surface area contributed by atoms with E-state index in [1.165, 1.54) is 50.0 Å². The molecule has 0 bridgehead atoms. The zero-order valence-electron chi connectivity index (χ0n) is 18.5. The molecule has 0 aliphatic rings. The molecule has 0 aliphatic carbocycles. The van der Waals surface area contributed by atoms with Crippen LogP contribution in [0.25, 0.3) is 27.5 Å². The van der Waals surface area contributed by atoms with Gasteiger partial charge in [0, 0.05) is 34.9 Å². The van der Waals surface area contributed by atoms with Crippen molar-refractivity contribution in [1.82, 2.24) is 4.57 Å². The highest BCUT2D eigenvalue weighted by atomic mass is 15.1. The summed E-state index contributed by atoms with van der Waals surface area (Å²) in [6.07, 6.45) is 2.10. The van der Waals surface area contributed by atoms with E-state index < -0.39 is 0 Å². The van der Waals surface area contributed by atoms with Gasteiger partial charge in [-0.15, -0.1) is 0 Å². The Labute approximate surface area is 184 Å². The zero-order chi connectivity index (χ0) is 21.4. The first-order chi connectivity index (χ1) is 15.2. The largest absolute Gasteiger partial charge is 0.345 e. The summed E-state index contributed by atoms with van der Waals surface area (Å²) in [5, 5.41) is 2.69. The van der Waals surface area contributed by atoms with Gasteiger partial charge in [-0.05, 0) is 84.6 Å². The van der Waals surface area contributed by atoms with Crippen molar-refractivity contribution in [2.75, 3.05) is 11.9 Å². The molecule has 4 aromatic carbocycles. The molecule has 2 nitrogen and oxygen atoms in total. The van der Waals surface area contributed by atoms with E-state index in [0.29, 0.717) is 0 Å². The van der Waals surface area contributed by atoms with Crippen LogP contribution in [-0.2, 0) is 12.8 Å². The molecule has 154 valence electrons. The van der Waals surface area contributed by atoms with Gasteiger partial charge in [-0.1, -0.05) is 44.2 Å². The Kier molecular flexibility index (Phi) is 4.99. The van der Waals surface area contributed by atoms with Gasteiger partial charge in [0.25, 0.3) is 0 Å². The molecule has 0 aliphatic heterocycles. The third-order valence-corrected chi connectivity index (χ3v) is 6.35. The van der Waals surface area contributed by atoms with Crippen LogP contribution >= 0.6 is 0 Å². The molecule has 31 heavy (non-hydrogen) atoms. The standard InChI is InChI=1S/C29H28N2/c1-4-21-11-17-28-26(19-21)27-20-22(5-2)12-18-29(27)31(28)25-15-13-24(14-16-25)30(3)23-9-7-6-8-10-23/h6-20H,4-5H2,1-3H3. The summed E-state index contributed by atoms with van der Waals surface area (Å²) in [4.78, 5) is 2.22. The number of para-hydroxylation sites is 1. The smallest absolute Gasteiger partial charge is 0.0541 e. The fourth-order valence-electron chi connectivity index (χ4n) is 4.46. The lowest BCUT2D eigenvalue weighted by molar-refractivity contribution is 1.13. The minimum atomic E-state index is 1.05. The highest BCUT2D eigenvalue weighted by Crippen LogP contribution is 2.34. The highest BCUT2D eigenvalue weighted by Gasteiger charge is 2.14. The van der Waals surface area contributed by atoms with E-state index in [1.54, 1.807) is 0 Å². The van der Waals surface area contributed by atoms with Gasteiger partial charge in [0.1, 0.15) is 0 Å². The Morgan fingerprint density at radius 3 is 1.65 bits per heavy atom. The average molecular weight is 405 g/mol.